The molecule has 0 amide bonds. The Balaban J connectivity index is 2.19. The van der Waals surface area contributed by atoms with Crippen molar-refractivity contribution in [1.82, 2.24) is 5.32 Å². The van der Waals surface area contributed by atoms with E-state index in [1.807, 2.05) is 11.3 Å². The van der Waals surface area contributed by atoms with Crippen LogP contribution in [0.15, 0.2) is 35.7 Å². The van der Waals surface area contributed by atoms with Gasteiger partial charge in [-0.1, -0.05) is 43.7 Å². The van der Waals surface area contributed by atoms with E-state index in [4.69, 9.17) is 0 Å². The molecule has 1 unspecified atom stereocenters. The van der Waals surface area contributed by atoms with E-state index < -0.39 is 0 Å². The van der Waals surface area contributed by atoms with Crippen LogP contribution in [0.5, 0.6) is 0 Å². The highest BCUT2D eigenvalue weighted by molar-refractivity contribution is 7.10. The molecule has 0 radical (unpaired) electrons. The highest BCUT2D eigenvalue weighted by atomic mass is 32.1. The molecule has 2 aromatic rings. The summed E-state index contributed by atoms with van der Waals surface area (Å²) >= 11 is 1.89. The first-order valence-electron chi connectivity index (χ1n) is 7.59. The molecule has 1 aromatic heterocycles. The molecule has 20 heavy (non-hydrogen) atoms. The Morgan fingerprint density at radius 1 is 1.20 bits per heavy atom. The second kappa shape index (κ2) is 7.61. The molecule has 1 atom stereocenters. The van der Waals surface area contributed by atoms with Crippen molar-refractivity contribution in [3.8, 4) is 0 Å². The van der Waals surface area contributed by atoms with Crippen molar-refractivity contribution >= 4 is 11.3 Å². The molecule has 0 aliphatic carbocycles. The molecule has 0 aliphatic heterocycles. The molecule has 0 aliphatic rings. The van der Waals surface area contributed by atoms with Gasteiger partial charge in [-0.25, -0.2) is 0 Å². The van der Waals surface area contributed by atoms with E-state index in [9.17, 15) is 0 Å². The molecule has 0 bridgehead atoms. The summed E-state index contributed by atoms with van der Waals surface area (Å²) in [5.74, 6) is 0. The smallest absolute Gasteiger partial charge is 0.0458 e. The Morgan fingerprint density at radius 2 is 2.05 bits per heavy atom. The van der Waals surface area contributed by atoms with E-state index in [1.54, 1.807) is 0 Å². The van der Waals surface area contributed by atoms with Crippen LogP contribution in [0.1, 0.15) is 47.9 Å². The third kappa shape index (κ3) is 3.94. The van der Waals surface area contributed by atoms with Gasteiger partial charge in [-0.2, -0.15) is 0 Å². The maximum absolute atomic E-state index is 3.72. The topological polar surface area (TPSA) is 12.0 Å². The maximum Gasteiger partial charge on any atom is 0.0458 e. The maximum atomic E-state index is 3.72. The van der Waals surface area contributed by atoms with Gasteiger partial charge in [0.05, 0.1) is 0 Å². The van der Waals surface area contributed by atoms with Gasteiger partial charge in [0.1, 0.15) is 0 Å². The zero-order valence-electron chi connectivity index (χ0n) is 12.8. The van der Waals surface area contributed by atoms with E-state index in [1.165, 1.54) is 28.0 Å². The van der Waals surface area contributed by atoms with Crippen LogP contribution >= 0.6 is 11.3 Å². The highest BCUT2D eigenvalue weighted by Crippen LogP contribution is 2.28. The zero-order valence-corrected chi connectivity index (χ0v) is 13.6. The Bertz CT molecular complexity index is 530. The lowest BCUT2D eigenvalue weighted by molar-refractivity contribution is 0.533. The Hall–Kier alpha value is -1.12. The van der Waals surface area contributed by atoms with Crippen LogP contribution in [0.25, 0.3) is 0 Å². The van der Waals surface area contributed by atoms with Crippen LogP contribution in [0, 0.1) is 6.92 Å². The normalized spacial score (nSPS) is 12.6. The molecule has 1 N–H and O–H groups in total. The second-order valence-electron chi connectivity index (χ2n) is 5.36. The van der Waals surface area contributed by atoms with Gasteiger partial charge >= 0.3 is 0 Å². The lowest BCUT2D eigenvalue weighted by atomic mass is 10.00. The molecule has 108 valence electrons. The Kier molecular flexibility index (Phi) is 5.81. The summed E-state index contributed by atoms with van der Waals surface area (Å²) < 4.78 is 0. The van der Waals surface area contributed by atoms with E-state index in [-0.39, 0.29) is 0 Å². The van der Waals surface area contributed by atoms with Gasteiger partial charge in [0.2, 0.25) is 0 Å². The first-order valence-corrected chi connectivity index (χ1v) is 8.47. The van der Waals surface area contributed by atoms with Gasteiger partial charge in [-0.05, 0) is 55.3 Å². The third-order valence-electron chi connectivity index (χ3n) is 3.64. The molecule has 1 aromatic carbocycles. The minimum Gasteiger partial charge on any atom is -0.309 e. The van der Waals surface area contributed by atoms with Crippen LogP contribution in [-0.4, -0.2) is 6.54 Å². The van der Waals surface area contributed by atoms with Gasteiger partial charge in [-0.3, -0.25) is 0 Å². The summed E-state index contributed by atoms with van der Waals surface area (Å²) in [5.41, 5.74) is 4.27. The zero-order chi connectivity index (χ0) is 14.4. The fourth-order valence-electron chi connectivity index (χ4n) is 2.60. The molecular weight excluding hydrogens is 262 g/mol. The number of aryl methyl sites for hydroxylation is 2. The number of nitrogens with one attached hydrogen (secondary N) is 1. The van der Waals surface area contributed by atoms with Crippen molar-refractivity contribution in [2.24, 2.45) is 0 Å². The van der Waals surface area contributed by atoms with Gasteiger partial charge in [0.25, 0.3) is 0 Å². The fraction of sp³-hybridized carbons (Fsp3) is 0.444. The number of thiophene rings is 1. The van der Waals surface area contributed by atoms with Crippen molar-refractivity contribution in [2.45, 2.75) is 46.1 Å². The first kappa shape index (κ1) is 15.3. The second-order valence-corrected chi connectivity index (χ2v) is 6.31. The lowest BCUT2D eigenvalue weighted by Crippen LogP contribution is -2.24. The monoisotopic (exact) mass is 287 g/mol. The van der Waals surface area contributed by atoms with Crippen molar-refractivity contribution < 1.29 is 0 Å². The number of rotatable bonds is 7. The predicted molar refractivity (Wildman–Crippen MR) is 89.6 cm³/mol. The molecular formula is C18H25NS. The summed E-state index contributed by atoms with van der Waals surface area (Å²) in [5, 5.41) is 5.95. The SMILES string of the molecule is CCCNC(Cc1cccc(C)c1)c1sccc1CC. The van der Waals surface area contributed by atoms with Crippen molar-refractivity contribution in [3.05, 3.63) is 57.3 Å². The summed E-state index contributed by atoms with van der Waals surface area (Å²) in [4.78, 5) is 1.52. The molecule has 0 saturated carbocycles. The summed E-state index contributed by atoms with van der Waals surface area (Å²) in [6.07, 6.45) is 3.38. The summed E-state index contributed by atoms with van der Waals surface area (Å²) in [7, 11) is 0. The van der Waals surface area contributed by atoms with E-state index in [0.717, 1.165) is 19.4 Å². The first-order chi connectivity index (χ1) is 9.74. The van der Waals surface area contributed by atoms with E-state index in [2.05, 4.69) is 61.8 Å². The Labute approximate surface area is 127 Å². The standard InChI is InChI=1S/C18H25NS/c1-4-10-19-17(18-16(5-2)9-11-20-18)13-15-8-6-7-14(3)12-15/h6-9,11-12,17,19H,4-5,10,13H2,1-3H3. The number of hydrogen-bond acceptors (Lipinski definition) is 2. The van der Waals surface area contributed by atoms with Gasteiger partial charge in [0.15, 0.2) is 0 Å². The average Bonchev–Trinajstić information content (AvgIpc) is 2.92. The quantitative estimate of drug-likeness (QED) is 0.763. The molecule has 0 fully saturated rings. The molecule has 0 spiro atoms. The van der Waals surface area contributed by atoms with Crippen LogP contribution in [-0.2, 0) is 12.8 Å². The molecule has 0 saturated heterocycles. The van der Waals surface area contributed by atoms with E-state index in [0.29, 0.717) is 6.04 Å². The fourth-order valence-corrected chi connectivity index (χ4v) is 3.67. The predicted octanol–water partition coefficient (Wildman–Crippen LogP) is 4.90. The van der Waals surface area contributed by atoms with E-state index >= 15 is 0 Å². The number of benzene rings is 1. The largest absolute Gasteiger partial charge is 0.309 e. The molecule has 2 heteroatoms. The van der Waals surface area contributed by atoms with Crippen molar-refractivity contribution in [1.29, 1.82) is 0 Å². The average molecular weight is 287 g/mol. The summed E-state index contributed by atoms with van der Waals surface area (Å²) in [6.45, 7) is 7.72. The van der Waals surface area contributed by atoms with Crippen LogP contribution in [0.4, 0.5) is 0 Å². The van der Waals surface area contributed by atoms with Gasteiger partial charge < -0.3 is 5.32 Å². The molecule has 1 nitrogen and oxygen atoms in total. The minimum absolute atomic E-state index is 0.451. The highest BCUT2D eigenvalue weighted by Gasteiger charge is 2.16. The van der Waals surface area contributed by atoms with Crippen molar-refractivity contribution in [3.63, 3.8) is 0 Å². The number of hydrogen-bond donors (Lipinski definition) is 1. The minimum atomic E-state index is 0.451. The summed E-state index contributed by atoms with van der Waals surface area (Å²) in [6, 6.07) is 11.6. The molecule has 2 rings (SSSR count). The Morgan fingerprint density at radius 3 is 2.75 bits per heavy atom. The third-order valence-corrected chi connectivity index (χ3v) is 4.71. The van der Waals surface area contributed by atoms with Crippen LogP contribution < -0.4 is 5.32 Å². The van der Waals surface area contributed by atoms with Crippen molar-refractivity contribution in [2.75, 3.05) is 6.54 Å². The van der Waals surface area contributed by atoms with Gasteiger partial charge in [0, 0.05) is 10.9 Å². The van der Waals surface area contributed by atoms with Crippen LogP contribution in [0.3, 0.4) is 0 Å². The molecule has 1 heterocycles. The lowest BCUT2D eigenvalue weighted by Gasteiger charge is -2.19. The van der Waals surface area contributed by atoms with Gasteiger partial charge in [-0.15, -0.1) is 11.3 Å². The van der Waals surface area contributed by atoms with Crippen LogP contribution in [0.2, 0.25) is 0 Å².